The van der Waals surface area contributed by atoms with Gasteiger partial charge in [-0.3, -0.25) is 0 Å². The zero-order valence-corrected chi connectivity index (χ0v) is 13.1. The second-order valence-corrected chi connectivity index (χ2v) is 7.75. The monoisotopic (exact) mass is 304 g/mol. The quantitative estimate of drug-likeness (QED) is 0.859. The van der Waals surface area contributed by atoms with Gasteiger partial charge < -0.3 is 10.1 Å². The van der Waals surface area contributed by atoms with Crippen molar-refractivity contribution in [2.45, 2.75) is 37.2 Å². The molecule has 1 aliphatic rings. The second kappa shape index (κ2) is 5.49. The highest BCUT2D eigenvalue weighted by Gasteiger charge is 2.36. The Morgan fingerprint density at radius 3 is 2.84 bits per heavy atom. The normalized spacial score (nSPS) is 23.9. The van der Waals surface area contributed by atoms with Crippen LogP contribution in [-0.4, -0.2) is 34.2 Å². The molecule has 19 heavy (non-hydrogen) atoms. The summed E-state index contributed by atoms with van der Waals surface area (Å²) in [6, 6.07) is 0. The Bertz CT molecular complexity index is 545. The van der Waals surface area contributed by atoms with E-state index in [-0.39, 0.29) is 0 Å². The summed E-state index contributed by atoms with van der Waals surface area (Å²) < 4.78 is 33.3. The third kappa shape index (κ3) is 3.17. The van der Waals surface area contributed by atoms with Crippen molar-refractivity contribution in [1.82, 2.24) is 10.0 Å². The summed E-state index contributed by atoms with van der Waals surface area (Å²) >= 11 is 1.47. The molecular formula is C12H20N2O3S2. The number of aryl methyl sites for hydroxylation is 1. The van der Waals surface area contributed by atoms with Gasteiger partial charge in [0.05, 0.1) is 12.1 Å². The number of nitrogens with one attached hydrogen (secondary N) is 2. The van der Waals surface area contributed by atoms with Crippen LogP contribution in [0.25, 0.3) is 0 Å². The predicted octanol–water partition coefficient (Wildman–Crippen LogP) is 1.23. The first kappa shape index (κ1) is 14.9. The Labute approximate surface area is 118 Å². The lowest BCUT2D eigenvalue weighted by Gasteiger charge is -2.23. The molecule has 0 radical (unpaired) electrons. The molecule has 0 amide bonds. The maximum absolute atomic E-state index is 12.6. The average molecular weight is 304 g/mol. The lowest BCUT2D eigenvalue weighted by Crippen LogP contribution is -2.46. The van der Waals surface area contributed by atoms with Crippen LogP contribution in [0.4, 0.5) is 0 Å². The van der Waals surface area contributed by atoms with Crippen LogP contribution in [0.15, 0.2) is 10.3 Å². The first-order valence-electron chi connectivity index (χ1n) is 6.21. The van der Waals surface area contributed by atoms with Crippen LogP contribution in [-0.2, 0) is 21.3 Å². The van der Waals surface area contributed by atoms with Crippen molar-refractivity contribution < 1.29 is 13.2 Å². The summed E-state index contributed by atoms with van der Waals surface area (Å²) in [6.07, 6.45) is 0.705. The molecule has 1 unspecified atom stereocenters. The third-order valence-corrected chi connectivity index (χ3v) is 6.30. The van der Waals surface area contributed by atoms with Crippen molar-refractivity contribution in [3.05, 3.63) is 15.8 Å². The first-order valence-corrected chi connectivity index (χ1v) is 8.57. The van der Waals surface area contributed by atoms with E-state index in [1.54, 1.807) is 0 Å². The number of ether oxygens (including phenoxy) is 1. The average Bonchev–Trinajstić information content (AvgIpc) is 2.86. The van der Waals surface area contributed by atoms with Crippen LogP contribution in [0.3, 0.4) is 0 Å². The largest absolute Gasteiger partial charge is 0.379 e. The molecule has 1 aromatic heterocycles. The van der Waals surface area contributed by atoms with E-state index in [2.05, 4.69) is 10.0 Å². The summed E-state index contributed by atoms with van der Waals surface area (Å²) in [7, 11) is -1.69. The lowest BCUT2D eigenvalue weighted by atomic mass is 10.0. The van der Waals surface area contributed by atoms with Crippen molar-refractivity contribution in [3.8, 4) is 0 Å². The molecule has 0 aliphatic carbocycles. The third-order valence-electron chi connectivity index (χ3n) is 3.20. The zero-order chi connectivity index (χ0) is 14.1. The van der Waals surface area contributed by atoms with Gasteiger partial charge in [0.25, 0.3) is 0 Å². The standard InChI is InChI=1S/C12H20N2O3S2/c1-9-7-18-10(6-13-3)11(9)19(15,16)14-12(2)4-5-17-8-12/h7,13-14H,4-6,8H2,1-3H3. The highest BCUT2D eigenvalue weighted by atomic mass is 32.2. The highest BCUT2D eigenvalue weighted by Crippen LogP contribution is 2.29. The van der Waals surface area contributed by atoms with Crippen LogP contribution in [0.2, 0.25) is 0 Å². The molecule has 7 heteroatoms. The number of sulfonamides is 1. The van der Waals surface area contributed by atoms with Gasteiger partial charge in [0.15, 0.2) is 0 Å². The van der Waals surface area contributed by atoms with Gasteiger partial charge in [0.2, 0.25) is 10.0 Å². The van der Waals surface area contributed by atoms with E-state index in [9.17, 15) is 8.42 Å². The Balaban J connectivity index is 2.31. The highest BCUT2D eigenvalue weighted by molar-refractivity contribution is 7.89. The van der Waals surface area contributed by atoms with Crippen LogP contribution >= 0.6 is 11.3 Å². The summed E-state index contributed by atoms with van der Waals surface area (Å²) in [6.45, 7) is 5.30. The van der Waals surface area contributed by atoms with E-state index in [4.69, 9.17) is 4.74 Å². The summed E-state index contributed by atoms with van der Waals surface area (Å²) in [5, 5.41) is 4.89. The van der Waals surface area contributed by atoms with Crippen molar-refractivity contribution in [1.29, 1.82) is 0 Å². The van der Waals surface area contributed by atoms with Gasteiger partial charge in [-0.25, -0.2) is 13.1 Å². The maximum Gasteiger partial charge on any atom is 0.242 e. The van der Waals surface area contributed by atoms with Gasteiger partial charge in [-0.1, -0.05) is 0 Å². The minimum atomic E-state index is -3.50. The Morgan fingerprint density at radius 2 is 2.26 bits per heavy atom. The zero-order valence-electron chi connectivity index (χ0n) is 11.4. The molecule has 2 N–H and O–H groups in total. The fourth-order valence-electron chi connectivity index (χ4n) is 2.25. The van der Waals surface area contributed by atoms with Gasteiger partial charge in [-0.2, -0.15) is 0 Å². The molecule has 108 valence electrons. The minimum absolute atomic E-state index is 0.417. The Hall–Kier alpha value is -0.470. The summed E-state index contributed by atoms with van der Waals surface area (Å²) in [4.78, 5) is 1.26. The van der Waals surface area contributed by atoms with Gasteiger partial charge in [-0.15, -0.1) is 11.3 Å². The maximum atomic E-state index is 12.6. The lowest BCUT2D eigenvalue weighted by molar-refractivity contribution is 0.178. The predicted molar refractivity (Wildman–Crippen MR) is 76.0 cm³/mol. The molecule has 0 aromatic carbocycles. The first-order chi connectivity index (χ1) is 8.88. The SMILES string of the molecule is CNCc1scc(C)c1S(=O)(=O)NC1(C)CCOC1. The molecule has 0 saturated carbocycles. The van der Waals surface area contributed by atoms with Crippen LogP contribution in [0, 0.1) is 6.92 Å². The van der Waals surface area contributed by atoms with Gasteiger partial charge in [0.1, 0.15) is 4.90 Å². The molecule has 1 saturated heterocycles. The summed E-state index contributed by atoms with van der Waals surface area (Å²) in [5.74, 6) is 0. The van der Waals surface area contributed by atoms with E-state index < -0.39 is 15.6 Å². The fourth-order valence-corrected chi connectivity index (χ4v) is 5.50. The van der Waals surface area contributed by atoms with Crippen LogP contribution < -0.4 is 10.0 Å². The van der Waals surface area contributed by atoms with E-state index in [1.807, 2.05) is 26.3 Å². The molecule has 1 fully saturated rings. The molecule has 1 aliphatic heterocycles. The molecule has 5 nitrogen and oxygen atoms in total. The van der Waals surface area contributed by atoms with E-state index >= 15 is 0 Å². The molecule has 1 aromatic rings. The van der Waals surface area contributed by atoms with Crippen molar-refractivity contribution in [3.63, 3.8) is 0 Å². The van der Waals surface area contributed by atoms with E-state index in [0.29, 0.717) is 31.1 Å². The van der Waals surface area contributed by atoms with E-state index in [1.165, 1.54) is 11.3 Å². The summed E-state index contributed by atoms with van der Waals surface area (Å²) in [5.41, 5.74) is 0.301. The molecule has 1 atom stereocenters. The molecule has 2 heterocycles. The topological polar surface area (TPSA) is 67.4 Å². The minimum Gasteiger partial charge on any atom is -0.379 e. The Kier molecular flexibility index (Phi) is 4.32. The van der Waals surface area contributed by atoms with E-state index in [0.717, 1.165) is 10.4 Å². The van der Waals surface area contributed by atoms with Gasteiger partial charge in [0, 0.05) is 18.0 Å². The van der Waals surface area contributed by atoms with Gasteiger partial charge >= 0.3 is 0 Å². The van der Waals surface area contributed by atoms with Crippen LogP contribution in [0.1, 0.15) is 23.8 Å². The smallest absolute Gasteiger partial charge is 0.242 e. The van der Waals surface area contributed by atoms with Gasteiger partial charge in [-0.05, 0) is 38.3 Å². The molecule has 2 rings (SSSR count). The van der Waals surface area contributed by atoms with Crippen molar-refractivity contribution >= 4 is 21.4 Å². The molecule has 0 spiro atoms. The Morgan fingerprint density at radius 1 is 1.53 bits per heavy atom. The molecular weight excluding hydrogens is 284 g/mol. The second-order valence-electron chi connectivity index (χ2n) is 5.17. The number of rotatable bonds is 5. The van der Waals surface area contributed by atoms with Crippen LogP contribution in [0.5, 0.6) is 0 Å². The van der Waals surface area contributed by atoms with Crippen molar-refractivity contribution in [2.75, 3.05) is 20.3 Å². The van der Waals surface area contributed by atoms with Crippen molar-refractivity contribution in [2.24, 2.45) is 0 Å². The fraction of sp³-hybridized carbons (Fsp3) is 0.667. The number of hydrogen-bond donors (Lipinski definition) is 2. The number of thiophene rings is 1. The molecule has 0 bridgehead atoms. The number of hydrogen-bond acceptors (Lipinski definition) is 5.